The molecule has 1 N–H and O–H groups in total. The zero-order valence-corrected chi connectivity index (χ0v) is 21.3. The first-order valence-electron chi connectivity index (χ1n) is 12.1. The molecule has 2 rings (SSSR count). The van der Waals surface area contributed by atoms with Gasteiger partial charge in [-0.3, -0.25) is 0 Å². The molecule has 0 amide bonds. The lowest BCUT2D eigenvalue weighted by atomic mass is 9.85. The zero-order valence-electron chi connectivity index (χ0n) is 21.3. The summed E-state index contributed by atoms with van der Waals surface area (Å²) in [6, 6.07) is 0. The van der Waals surface area contributed by atoms with Gasteiger partial charge in [0.1, 0.15) is 23.8 Å². The standard InChI is InChI=1S/C29H43FO2/c1-20(13-9-14-22(3)19-30)11-8-12-21(2)15-10-17-29(7)18-16-26-25(6)27(31)23(4)24(5)28(26)32-29/h11,14-15,31H,8-10,12-13,16-19H2,1-7H3/b20-11+,21-15+,22-14?. The number of hydrogen-bond donors (Lipinski definition) is 1. The number of alkyl halides is 1. The van der Waals surface area contributed by atoms with E-state index in [4.69, 9.17) is 4.74 Å². The predicted molar refractivity (Wildman–Crippen MR) is 135 cm³/mol. The van der Waals surface area contributed by atoms with Crippen molar-refractivity contribution in [3.8, 4) is 11.5 Å². The minimum absolute atomic E-state index is 0.161. The molecule has 1 atom stereocenters. The van der Waals surface area contributed by atoms with Gasteiger partial charge in [0.05, 0.1) is 0 Å². The molecule has 0 saturated carbocycles. The number of hydrogen-bond acceptors (Lipinski definition) is 2. The van der Waals surface area contributed by atoms with Gasteiger partial charge in [-0.2, -0.15) is 0 Å². The van der Waals surface area contributed by atoms with Crippen molar-refractivity contribution in [2.45, 2.75) is 105 Å². The topological polar surface area (TPSA) is 29.5 Å². The van der Waals surface area contributed by atoms with Crippen LogP contribution >= 0.6 is 0 Å². The van der Waals surface area contributed by atoms with Gasteiger partial charge in [0, 0.05) is 5.56 Å². The fourth-order valence-electron chi connectivity index (χ4n) is 4.45. The molecule has 0 radical (unpaired) electrons. The number of halogens is 1. The molecule has 1 aromatic carbocycles. The third kappa shape index (κ3) is 6.98. The highest BCUT2D eigenvalue weighted by Crippen LogP contribution is 2.44. The summed E-state index contributed by atoms with van der Waals surface area (Å²) < 4.78 is 19.0. The number of phenols is 1. The number of aromatic hydroxyl groups is 1. The summed E-state index contributed by atoms with van der Waals surface area (Å²) in [7, 11) is 0. The van der Waals surface area contributed by atoms with Crippen LogP contribution in [0.15, 0.2) is 34.9 Å². The molecule has 1 aliphatic heterocycles. The summed E-state index contributed by atoms with van der Waals surface area (Å²) in [6.45, 7) is 14.1. The first kappa shape index (κ1) is 26.2. The van der Waals surface area contributed by atoms with Crippen LogP contribution in [-0.4, -0.2) is 17.4 Å². The third-order valence-electron chi connectivity index (χ3n) is 7.03. The number of benzene rings is 1. The second-order valence-corrected chi connectivity index (χ2v) is 9.98. The van der Waals surface area contributed by atoms with Crippen LogP contribution < -0.4 is 4.74 Å². The fraction of sp³-hybridized carbons (Fsp3) is 0.586. The molecule has 0 aromatic heterocycles. The van der Waals surface area contributed by atoms with Gasteiger partial charge in [0.25, 0.3) is 0 Å². The van der Waals surface area contributed by atoms with Gasteiger partial charge in [-0.25, -0.2) is 4.39 Å². The molecule has 0 bridgehead atoms. The maximum Gasteiger partial charge on any atom is 0.127 e. The van der Waals surface area contributed by atoms with E-state index in [1.165, 1.54) is 16.7 Å². The Balaban J connectivity index is 1.86. The number of phenolic OH excluding ortho intramolecular Hbond substituents is 1. The molecule has 0 spiro atoms. The molecular weight excluding hydrogens is 399 g/mol. The number of allylic oxidation sites excluding steroid dienone is 6. The van der Waals surface area contributed by atoms with Crippen molar-refractivity contribution in [2.24, 2.45) is 0 Å². The molecule has 0 aliphatic carbocycles. The Kier molecular flexibility index (Phi) is 9.61. The Morgan fingerprint density at radius 1 is 0.906 bits per heavy atom. The van der Waals surface area contributed by atoms with E-state index in [9.17, 15) is 9.50 Å². The van der Waals surface area contributed by atoms with Crippen molar-refractivity contribution in [1.29, 1.82) is 0 Å². The Morgan fingerprint density at radius 3 is 2.06 bits per heavy atom. The SMILES string of the molecule is CC(=CCC/C(C)=C/CC/C(C)=C/CCC1(C)CCc2c(C)c(O)c(C)c(C)c2O1)CF. The highest BCUT2D eigenvalue weighted by atomic mass is 19.1. The molecule has 178 valence electrons. The van der Waals surface area contributed by atoms with Crippen LogP contribution in [0.1, 0.15) is 94.9 Å². The zero-order chi connectivity index (χ0) is 23.9. The van der Waals surface area contributed by atoms with Gasteiger partial charge in [-0.05, 0) is 122 Å². The van der Waals surface area contributed by atoms with E-state index in [1.807, 2.05) is 26.8 Å². The maximum absolute atomic E-state index is 12.5. The van der Waals surface area contributed by atoms with E-state index in [1.54, 1.807) is 0 Å². The molecule has 32 heavy (non-hydrogen) atoms. The third-order valence-corrected chi connectivity index (χ3v) is 7.03. The van der Waals surface area contributed by atoms with E-state index in [0.717, 1.165) is 79.4 Å². The number of fused-ring (bicyclic) bond motifs is 1. The van der Waals surface area contributed by atoms with Crippen LogP contribution in [0.25, 0.3) is 0 Å². The predicted octanol–water partition coefficient (Wildman–Crippen LogP) is 8.55. The van der Waals surface area contributed by atoms with Crippen molar-refractivity contribution in [3.63, 3.8) is 0 Å². The van der Waals surface area contributed by atoms with Crippen LogP contribution in [0.2, 0.25) is 0 Å². The second-order valence-electron chi connectivity index (χ2n) is 9.98. The summed E-state index contributed by atoms with van der Waals surface area (Å²) in [6.07, 6.45) is 14.7. The van der Waals surface area contributed by atoms with E-state index < -0.39 is 0 Å². The summed E-state index contributed by atoms with van der Waals surface area (Å²) in [5.74, 6) is 1.41. The van der Waals surface area contributed by atoms with Crippen molar-refractivity contribution < 1.29 is 14.2 Å². The van der Waals surface area contributed by atoms with Gasteiger partial charge in [0.2, 0.25) is 0 Å². The normalized spacial score (nSPS) is 19.7. The fourth-order valence-corrected chi connectivity index (χ4v) is 4.45. The first-order valence-corrected chi connectivity index (χ1v) is 12.1. The Labute approximate surface area is 195 Å². The molecule has 1 heterocycles. The van der Waals surface area contributed by atoms with Gasteiger partial charge in [-0.15, -0.1) is 0 Å². The first-order chi connectivity index (χ1) is 15.1. The van der Waals surface area contributed by atoms with Crippen LogP contribution in [-0.2, 0) is 6.42 Å². The van der Waals surface area contributed by atoms with E-state index >= 15 is 0 Å². The number of rotatable bonds is 10. The molecular formula is C29H43FO2. The average Bonchev–Trinajstić information content (AvgIpc) is 2.75. The van der Waals surface area contributed by atoms with Gasteiger partial charge in [-0.1, -0.05) is 29.4 Å². The monoisotopic (exact) mass is 442 g/mol. The molecule has 0 fully saturated rings. The quantitative estimate of drug-likeness (QED) is 0.368. The Bertz CT molecular complexity index is 891. The lowest BCUT2D eigenvalue weighted by Crippen LogP contribution is -2.37. The molecule has 3 heteroatoms. The minimum Gasteiger partial charge on any atom is -0.507 e. The van der Waals surface area contributed by atoms with E-state index in [-0.39, 0.29) is 12.3 Å². The van der Waals surface area contributed by atoms with Crippen molar-refractivity contribution in [1.82, 2.24) is 0 Å². The number of ether oxygens (including phenoxy) is 1. The van der Waals surface area contributed by atoms with E-state index in [2.05, 4.69) is 39.8 Å². The van der Waals surface area contributed by atoms with Gasteiger partial charge >= 0.3 is 0 Å². The van der Waals surface area contributed by atoms with Crippen molar-refractivity contribution in [3.05, 3.63) is 57.2 Å². The van der Waals surface area contributed by atoms with Crippen molar-refractivity contribution in [2.75, 3.05) is 6.67 Å². The van der Waals surface area contributed by atoms with E-state index in [0.29, 0.717) is 5.75 Å². The van der Waals surface area contributed by atoms with Crippen LogP contribution in [0.5, 0.6) is 11.5 Å². The van der Waals surface area contributed by atoms with Crippen LogP contribution in [0, 0.1) is 20.8 Å². The molecule has 2 nitrogen and oxygen atoms in total. The Morgan fingerprint density at radius 2 is 1.47 bits per heavy atom. The van der Waals surface area contributed by atoms with Crippen LogP contribution in [0.4, 0.5) is 4.39 Å². The average molecular weight is 443 g/mol. The second kappa shape index (κ2) is 11.7. The smallest absolute Gasteiger partial charge is 0.127 e. The Hall–Kier alpha value is -2.03. The summed E-state index contributed by atoms with van der Waals surface area (Å²) in [5, 5.41) is 10.4. The molecule has 0 saturated heterocycles. The lowest BCUT2D eigenvalue weighted by molar-refractivity contribution is 0.0558. The summed E-state index contributed by atoms with van der Waals surface area (Å²) in [5.41, 5.74) is 7.62. The van der Waals surface area contributed by atoms with Gasteiger partial charge in [0.15, 0.2) is 0 Å². The summed E-state index contributed by atoms with van der Waals surface area (Å²) in [4.78, 5) is 0. The summed E-state index contributed by atoms with van der Waals surface area (Å²) >= 11 is 0. The lowest BCUT2D eigenvalue weighted by Gasteiger charge is -2.38. The molecule has 1 unspecified atom stereocenters. The largest absolute Gasteiger partial charge is 0.507 e. The molecule has 1 aliphatic rings. The van der Waals surface area contributed by atoms with Crippen LogP contribution in [0.3, 0.4) is 0 Å². The maximum atomic E-state index is 12.5. The highest BCUT2D eigenvalue weighted by Gasteiger charge is 2.33. The van der Waals surface area contributed by atoms with Crippen molar-refractivity contribution >= 4 is 0 Å². The molecule has 1 aromatic rings. The minimum atomic E-state index is -0.341. The highest BCUT2D eigenvalue weighted by molar-refractivity contribution is 5.58. The van der Waals surface area contributed by atoms with Gasteiger partial charge < -0.3 is 9.84 Å².